The maximum absolute atomic E-state index is 12.0. The Morgan fingerprint density at radius 3 is 2.74 bits per heavy atom. The maximum Gasteiger partial charge on any atom is 0.251 e. The van der Waals surface area contributed by atoms with Gasteiger partial charge in [-0.25, -0.2) is 8.42 Å². The molecule has 0 bridgehead atoms. The molecular weight excluding hydrogens is 268 g/mol. The lowest BCUT2D eigenvalue weighted by Gasteiger charge is -2.12. The second-order valence-electron chi connectivity index (χ2n) is 4.53. The van der Waals surface area contributed by atoms with Gasteiger partial charge in [0.05, 0.1) is 24.3 Å². The summed E-state index contributed by atoms with van der Waals surface area (Å²) in [7, 11) is -1.51. The van der Waals surface area contributed by atoms with Crippen molar-refractivity contribution in [2.45, 2.75) is 12.5 Å². The number of carbonyl (C=O) groups excluding carboxylic acids is 1. The zero-order valence-electron chi connectivity index (χ0n) is 10.5. The van der Waals surface area contributed by atoms with Gasteiger partial charge in [0.15, 0.2) is 9.84 Å². The van der Waals surface area contributed by atoms with E-state index in [4.69, 9.17) is 10.5 Å². The summed E-state index contributed by atoms with van der Waals surface area (Å²) in [4.78, 5) is 12.0. The molecule has 1 saturated heterocycles. The zero-order chi connectivity index (χ0) is 14.0. The number of methoxy groups -OCH3 is 1. The Balaban J connectivity index is 2.06. The lowest BCUT2D eigenvalue weighted by Crippen LogP contribution is -2.35. The van der Waals surface area contributed by atoms with Crippen LogP contribution in [0.25, 0.3) is 0 Å². The fourth-order valence-electron chi connectivity index (χ4n) is 2.05. The second kappa shape index (κ2) is 5.08. The molecule has 0 radical (unpaired) electrons. The van der Waals surface area contributed by atoms with E-state index in [1.54, 1.807) is 12.1 Å². The van der Waals surface area contributed by atoms with Crippen molar-refractivity contribution in [3.8, 4) is 5.75 Å². The van der Waals surface area contributed by atoms with Gasteiger partial charge in [0, 0.05) is 11.6 Å². The zero-order valence-corrected chi connectivity index (χ0v) is 11.4. The molecule has 1 aromatic rings. The first kappa shape index (κ1) is 13.7. The molecule has 1 heterocycles. The van der Waals surface area contributed by atoms with Crippen molar-refractivity contribution in [1.29, 1.82) is 0 Å². The molecule has 104 valence electrons. The van der Waals surface area contributed by atoms with E-state index in [1.807, 2.05) is 0 Å². The summed E-state index contributed by atoms with van der Waals surface area (Å²) in [6.45, 7) is 0. The van der Waals surface area contributed by atoms with Crippen molar-refractivity contribution in [1.82, 2.24) is 5.32 Å². The lowest BCUT2D eigenvalue weighted by atomic mass is 10.1. The van der Waals surface area contributed by atoms with Gasteiger partial charge in [-0.15, -0.1) is 0 Å². The van der Waals surface area contributed by atoms with Crippen LogP contribution in [0.4, 0.5) is 5.69 Å². The van der Waals surface area contributed by atoms with Crippen molar-refractivity contribution >= 4 is 21.4 Å². The number of rotatable bonds is 3. The minimum Gasteiger partial charge on any atom is -0.495 e. The maximum atomic E-state index is 12.0. The first-order chi connectivity index (χ1) is 8.91. The van der Waals surface area contributed by atoms with Crippen LogP contribution in [-0.4, -0.2) is 39.0 Å². The van der Waals surface area contributed by atoms with Gasteiger partial charge in [-0.2, -0.15) is 0 Å². The molecular formula is C12H16N2O4S. The van der Waals surface area contributed by atoms with Gasteiger partial charge in [-0.05, 0) is 24.6 Å². The summed E-state index contributed by atoms with van der Waals surface area (Å²) in [6, 6.07) is 4.39. The number of hydrogen-bond acceptors (Lipinski definition) is 5. The third-order valence-electron chi connectivity index (χ3n) is 3.06. The van der Waals surface area contributed by atoms with Crippen LogP contribution in [0.2, 0.25) is 0 Å². The van der Waals surface area contributed by atoms with Crippen molar-refractivity contribution in [3.05, 3.63) is 23.8 Å². The summed E-state index contributed by atoms with van der Waals surface area (Å²) < 4.78 is 27.6. The highest BCUT2D eigenvalue weighted by atomic mass is 32.2. The van der Waals surface area contributed by atoms with E-state index in [-0.39, 0.29) is 23.5 Å². The van der Waals surface area contributed by atoms with Gasteiger partial charge in [0.1, 0.15) is 5.75 Å². The standard InChI is InChI=1S/C12H16N2O4S/c1-18-11-3-2-8(6-10(11)13)12(15)14-9-4-5-19(16,17)7-9/h2-3,6,9H,4-5,7,13H2,1H3,(H,14,15)/t9-/m0/s1. The predicted molar refractivity (Wildman–Crippen MR) is 71.9 cm³/mol. The van der Waals surface area contributed by atoms with Crippen LogP contribution in [0, 0.1) is 0 Å². The molecule has 0 unspecified atom stereocenters. The Hall–Kier alpha value is -1.76. The molecule has 1 atom stereocenters. The highest BCUT2D eigenvalue weighted by Crippen LogP contribution is 2.22. The van der Waals surface area contributed by atoms with Crippen molar-refractivity contribution < 1.29 is 17.9 Å². The van der Waals surface area contributed by atoms with E-state index in [2.05, 4.69) is 5.32 Å². The molecule has 0 spiro atoms. The van der Waals surface area contributed by atoms with Crippen molar-refractivity contribution in [2.24, 2.45) is 0 Å². The SMILES string of the molecule is COc1ccc(C(=O)N[C@H]2CCS(=O)(=O)C2)cc1N. The molecule has 7 heteroatoms. The Bertz CT molecular complexity index is 598. The summed E-state index contributed by atoms with van der Waals surface area (Å²) in [5.41, 5.74) is 6.48. The number of nitrogens with one attached hydrogen (secondary N) is 1. The Morgan fingerprint density at radius 1 is 1.47 bits per heavy atom. The summed E-state index contributed by atoms with van der Waals surface area (Å²) in [6.07, 6.45) is 0.458. The first-order valence-electron chi connectivity index (χ1n) is 5.86. The fraction of sp³-hybridized carbons (Fsp3) is 0.417. The van der Waals surface area contributed by atoms with Crippen LogP contribution < -0.4 is 15.8 Å². The van der Waals surface area contributed by atoms with E-state index < -0.39 is 9.84 Å². The normalized spacial score (nSPS) is 21.0. The molecule has 1 fully saturated rings. The number of benzene rings is 1. The van der Waals surface area contributed by atoms with E-state index in [9.17, 15) is 13.2 Å². The molecule has 0 aromatic heterocycles. The van der Waals surface area contributed by atoms with Gasteiger partial charge in [-0.1, -0.05) is 0 Å². The van der Waals surface area contributed by atoms with Crippen LogP contribution in [0.1, 0.15) is 16.8 Å². The molecule has 1 aromatic carbocycles. The van der Waals surface area contributed by atoms with Gasteiger partial charge < -0.3 is 15.8 Å². The Kier molecular flexibility index (Phi) is 3.66. The molecule has 2 rings (SSSR count). The minimum absolute atomic E-state index is 0.00434. The summed E-state index contributed by atoms with van der Waals surface area (Å²) in [5, 5.41) is 2.70. The number of amides is 1. The largest absolute Gasteiger partial charge is 0.495 e. The van der Waals surface area contributed by atoms with Gasteiger partial charge in [-0.3, -0.25) is 4.79 Å². The molecule has 0 saturated carbocycles. The Labute approximate surface area is 111 Å². The third kappa shape index (κ3) is 3.17. The van der Waals surface area contributed by atoms with E-state index in [0.29, 0.717) is 23.4 Å². The number of sulfone groups is 1. The van der Waals surface area contributed by atoms with Crippen LogP contribution >= 0.6 is 0 Å². The van der Waals surface area contributed by atoms with Crippen molar-refractivity contribution in [3.63, 3.8) is 0 Å². The molecule has 6 nitrogen and oxygen atoms in total. The number of anilines is 1. The predicted octanol–water partition coefficient (Wildman–Crippen LogP) is 0.194. The highest BCUT2D eigenvalue weighted by Gasteiger charge is 2.29. The average molecular weight is 284 g/mol. The number of hydrogen-bond donors (Lipinski definition) is 2. The molecule has 19 heavy (non-hydrogen) atoms. The summed E-state index contributed by atoms with van der Waals surface area (Å²) >= 11 is 0. The topological polar surface area (TPSA) is 98.5 Å². The van der Waals surface area contributed by atoms with E-state index in [0.717, 1.165) is 0 Å². The monoisotopic (exact) mass is 284 g/mol. The van der Waals surface area contributed by atoms with Crippen LogP contribution in [0.15, 0.2) is 18.2 Å². The van der Waals surface area contributed by atoms with Gasteiger partial charge in [0.2, 0.25) is 0 Å². The summed E-state index contributed by atoms with van der Waals surface area (Å²) in [5.74, 6) is 0.309. The molecule has 3 N–H and O–H groups in total. The van der Waals surface area contributed by atoms with Crippen LogP contribution in [0.5, 0.6) is 5.75 Å². The third-order valence-corrected chi connectivity index (χ3v) is 4.83. The fourth-order valence-corrected chi connectivity index (χ4v) is 3.73. The van der Waals surface area contributed by atoms with E-state index in [1.165, 1.54) is 13.2 Å². The minimum atomic E-state index is -3.00. The highest BCUT2D eigenvalue weighted by molar-refractivity contribution is 7.91. The van der Waals surface area contributed by atoms with E-state index >= 15 is 0 Å². The van der Waals surface area contributed by atoms with Gasteiger partial charge >= 0.3 is 0 Å². The quantitative estimate of drug-likeness (QED) is 0.772. The van der Waals surface area contributed by atoms with Crippen molar-refractivity contribution in [2.75, 3.05) is 24.3 Å². The number of carbonyl (C=O) groups is 1. The number of nitrogens with two attached hydrogens (primary N) is 1. The molecule has 1 aliphatic rings. The van der Waals surface area contributed by atoms with Crippen LogP contribution in [0.3, 0.4) is 0 Å². The lowest BCUT2D eigenvalue weighted by molar-refractivity contribution is 0.0941. The van der Waals surface area contributed by atoms with Gasteiger partial charge in [0.25, 0.3) is 5.91 Å². The smallest absolute Gasteiger partial charge is 0.251 e. The van der Waals surface area contributed by atoms with Crippen LogP contribution in [-0.2, 0) is 9.84 Å². The molecule has 0 aliphatic carbocycles. The second-order valence-corrected chi connectivity index (χ2v) is 6.76. The number of ether oxygens (including phenoxy) is 1. The Morgan fingerprint density at radius 2 is 2.21 bits per heavy atom. The molecule has 1 aliphatic heterocycles. The average Bonchev–Trinajstić information content (AvgIpc) is 2.68. The first-order valence-corrected chi connectivity index (χ1v) is 7.68. The number of nitrogen functional groups attached to an aromatic ring is 1. The molecule has 1 amide bonds.